The van der Waals surface area contributed by atoms with Gasteiger partial charge in [-0.2, -0.15) is 0 Å². The topological polar surface area (TPSA) is 75.9 Å². The van der Waals surface area contributed by atoms with Gasteiger partial charge in [-0.15, -0.1) is 0 Å². The minimum atomic E-state index is -0.179. The molecule has 2 unspecified atom stereocenters. The molecule has 0 saturated carbocycles. The molecule has 120 valence electrons. The number of rotatable bonds is 5. The Labute approximate surface area is 126 Å². The Morgan fingerprint density at radius 3 is 2.67 bits per heavy atom. The molecule has 2 amide bonds. The van der Waals surface area contributed by atoms with E-state index < -0.39 is 0 Å². The Kier molecular flexibility index (Phi) is 5.58. The van der Waals surface area contributed by atoms with Crippen LogP contribution in [-0.2, 0) is 14.3 Å². The van der Waals surface area contributed by atoms with Crippen molar-refractivity contribution >= 4 is 11.8 Å². The van der Waals surface area contributed by atoms with Gasteiger partial charge in [-0.25, -0.2) is 0 Å². The summed E-state index contributed by atoms with van der Waals surface area (Å²) < 4.78 is 5.00. The van der Waals surface area contributed by atoms with Gasteiger partial charge in [0.1, 0.15) is 0 Å². The van der Waals surface area contributed by atoms with Crippen molar-refractivity contribution in [3.63, 3.8) is 0 Å². The van der Waals surface area contributed by atoms with Crippen molar-refractivity contribution in [1.82, 2.24) is 9.80 Å². The van der Waals surface area contributed by atoms with Crippen molar-refractivity contribution in [2.75, 3.05) is 39.9 Å². The monoisotopic (exact) mass is 297 g/mol. The molecule has 0 aromatic rings. The van der Waals surface area contributed by atoms with Crippen molar-refractivity contribution in [2.24, 2.45) is 17.6 Å². The molecule has 2 N–H and O–H groups in total. The molecule has 0 radical (unpaired) electrons. The van der Waals surface area contributed by atoms with E-state index in [1.165, 1.54) is 0 Å². The van der Waals surface area contributed by atoms with E-state index in [2.05, 4.69) is 0 Å². The summed E-state index contributed by atoms with van der Waals surface area (Å²) in [6, 6.07) is 0.194. The molecule has 0 aromatic heterocycles. The lowest BCUT2D eigenvalue weighted by Crippen LogP contribution is -2.45. The average Bonchev–Trinajstić information content (AvgIpc) is 2.85. The minimum absolute atomic E-state index is 0.0656. The summed E-state index contributed by atoms with van der Waals surface area (Å²) in [5, 5.41) is 0. The lowest BCUT2D eigenvalue weighted by molar-refractivity contribution is -0.137. The van der Waals surface area contributed by atoms with Gasteiger partial charge in [0.15, 0.2) is 0 Å². The van der Waals surface area contributed by atoms with Gasteiger partial charge in [0.2, 0.25) is 11.8 Å². The van der Waals surface area contributed by atoms with Crippen LogP contribution in [0.25, 0.3) is 0 Å². The molecule has 2 atom stereocenters. The first-order chi connectivity index (χ1) is 10.0. The van der Waals surface area contributed by atoms with Crippen LogP contribution in [0.4, 0.5) is 0 Å². The van der Waals surface area contributed by atoms with Crippen LogP contribution in [0.2, 0.25) is 0 Å². The van der Waals surface area contributed by atoms with Crippen molar-refractivity contribution in [2.45, 2.75) is 32.2 Å². The van der Waals surface area contributed by atoms with Gasteiger partial charge in [-0.05, 0) is 25.7 Å². The van der Waals surface area contributed by atoms with Gasteiger partial charge in [-0.1, -0.05) is 0 Å². The maximum atomic E-state index is 12.5. The van der Waals surface area contributed by atoms with Crippen molar-refractivity contribution in [3.05, 3.63) is 0 Å². The van der Waals surface area contributed by atoms with Gasteiger partial charge in [0.05, 0.1) is 12.5 Å². The molecule has 0 bridgehead atoms. The number of hydrogen-bond donors (Lipinski definition) is 1. The predicted octanol–water partition coefficient (Wildman–Crippen LogP) is 0.0671. The maximum Gasteiger partial charge on any atom is 0.227 e. The quantitative estimate of drug-likeness (QED) is 0.779. The summed E-state index contributed by atoms with van der Waals surface area (Å²) in [5.74, 6) is 0.529. The zero-order valence-electron chi connectivity index (χ0n) is 13.1. The Hall–Kier alpha value is -1.14. The molecular formula is C15H27N3O3. The Morgan fingerprint density at radius 1 is 1.43 bits per heavy atom. The number of amides is 2. The first-order valence-corrected chi connectivity index (χ1v) is 7.84. The van der Waals surface area contributed by atoms with Gasteiger partial charge < -0.3 is 20.3 Å². The standard InChI is InChI=1S/C15H27N3O3/c1-11(16)12-3-5-17(6-4-12)15(20)13-9-14(19)18(10-13)7-8-21-2/h11-13H,3-10,16H2,1-2H3. The molecule has 2 heterocycles. The molecule has 2 rings (SSSR count). The largest absolute Gasteiger partial charge is 0.383 e. The summed E-state index contributed by atoms with van der Waals surface area (Å²) in [6.07, 6.45) is 2.28. The highest BCUT2D eigenvalue weighted by Crippen LogP contribution is 2.24. The van der Waals surface area contributed by atoms with Gasteiger partial charge in [0, 0.05) is 45.8 Å². The van der Waals surface area contributed by atoms with E-state index in [0.29, 0.717) is 32.0 Å². The second-order valence-electron chi connectivity index (χ2n) is 6.26. The third-order valence-corrected chi connectivity index (χ3v) is 4.72. The molecule has 2 aliphatic rings. The van der Waals surface area contributed by atoms with Crippen molar-refractivity contribution in [1.29, 1.82) is 0 Å². The molecule has 2 fully saturated rings. The third-order valence-electron chi connectivity index (χ3n) is 4.72. The van der Waals surface area contributed by atoms with E-state index in [-0.39, 0.29) is 23.8 Å². The first-order valence-electron chi connectivity index (χ1n) is 7.84. The lowest BCUT2D eigenvalue weighted by Gasteiger charge is -2.35. The highest BCUT2D eigenvalue weighted by Gasteiger charge is 2.37. The van der Waals surface area contributed by atoms with Crippen molar-refractivity contribution in [3.8, 4) is 0 Å². The van der Waals surface area contributed by atoms with Crippen molar-refractivity contribution < 1.29 is 14.3 Å². The number of carbonyl (C=O) groups is 2. The molecule has 2 aliphatic heterocycles. The van der Waals surface area contributed by atoms with Crippen LogP contribution in [0.1, 0.15) is 26.2 Å². The molecule has 6 nitrogen and oxygen atoms in total. The zero-order valence-corrected chi connectivity index (χ0v) is 13.1. The third kappa shape index (κ3) is 3.95. The summed E-state index contributed by atoms with van der Waals surface area (Å²) in [4.78, 5) is 28.1. The minimum Gasteiger partial charge on any atom is -0.383 e. The van der Waals surface area contributed by atoms with Crippen LogP contribution >= 0.6 is 0 Å². The second-order valence-corrected chi connectivity index (χ2v) is 6.26. The average molecular weight is 297 g/mol. The van der Waals surface area contributed by atoms with Crippen LogP contribution < -0.4 is 5.73 Å². The van der Waals surface area contributed by atoms with Crippen LogP contribution in [0.15, 0.2) is 0 Å². The smallest absolute Gasteiger partial charge is 0.227 e. The zero-order chi connectivity index (χ0) is 15.4. The summed E-state index contributed by atoms with van der Waals surface area (Å²) in [7, 11) is 1.62. The normalized spacial score (nSPS) is 25.5. The maximum absolute atomic E-state index is 12.5. The summed E-state index contributed by atoms with van der Waals surface area (Å²) in [5.41, 5.74) is 5.93. The SMILES string of the molecule is COCCN1CC(C(=O)N2CCC(C(C)N)CC2)CC1=O. The molecule has 0 aromatic carbocycles. The molecular weight excluding hydrogens is 270 g/mol. The fourth-order valence-electron chi connectivity index (χ4n) is 3.26. The van der Waals surface area contributed by atoms with Crippen LogP contribution in [0.3, 0.4) is 0 Å². The van der Waals surface area contributed by atoms with Crippen LogP contribution in [0, 0.1) is 11.8 Å². The fourth-order valence-corrected chi connectivity index (χ4v) is 3.26. The summed E-state index contributed by atoms with van der Waals surface area (Å²) >= 11 is 0. The highest BCUT2D eigenvalue weighted by molar-refractivity contribution is 5.89. The Bertz CT molecular complexity index is 378. The van der Waals surface area contributed by atoms with E-state index in [1.54, 1.807) is 12.0 Å². The second kappa shape index (κ2) is 7.22. The highest BCUT2D eigenvalue weighted by atomic mass is 16.5. The summed E-state index contributed by atoms with van der Waals surface area (Å²) in [6.45, 7) is 5.21. The van der Waals surface area contributed by atoms with E-state index in [4.69, 9.17) is 10.5 Å². The van der Waals surface area contributed by atoms with Crippen LogP contribution in [0.5, 0.6) is 0 Å². The fraction of sp³-hybridized carbons (Fsp3) is 0.867. The Morgan fingerprint density at radius 2 is 2.10 bits per heavy atom. The number of nitrogens with zero attached hydrogens (tertiary/aromatic N) is 2. The van der Waals surface area contributed by atoms with Gasteiger partial charge in [-0.3, -0.25) is 9.59 Å². The Balaban J connectivity index is 1.83. The van der Waals surface area contributed by atoms with E-state index in [1.807, 2.05) is 11.8 Å². The lowest BCUT2D eigenvalue weighted by atomic mass is 9.90. The molecule has 21 heavy (non-hydrogen) atoms. The number of likely N-dealkylation sites (tertiary alicyclic amines) is 2. The van der Waals surface area contributed by atoms with Gasteiger partial charge >= 0.3 is 0 Å². The molecule has 2 saturated heterocycles. The predicted molar refractivity (Wildman–Crippen MR) is 79.5 cm³/mol. The number of ether oxygens (including phenoxy) is 1. The molecule has 0 spiro atoms. The number of carbonyl (C=O) groups excluding carboxylic acids is 2. The molecule has 0 aliphatic carbocycles. The van der Waals surface area contributed by atoms with E-state index >= 15 is 0 Å². The number of piperidine rings is 1. The number of nitrogens with two attached hydrogens (primary N) is 1. The first kappa shape index (κ1) is 16.2. The van der Waals surface area contributed by atoms with E-state index in [9.17, 15) is 9.59 Å². The number of hydrogen-bond acceptors (Lipinski definition) is 4. The van der Waals surface area contributed by atoms with Gasteiger partial charge in [0.25, 0.3) is 0 Å². The van der Waals surface area contributed by atoms with E-state index in [0.717, 1.165) is 25.9 Å². The molecule has 6 heteroatoms. The number of methoxy groups -OCH3 is 1. The van der Waals surface area contributed by atoms with Crippen LogP contribution in [-0.4, -0.2) is 67.6 Å².